The summed E-state index contributed by atoms with van der Waals surface area (Å²) in [6, 6.07) is 5.01. The van der Waals surface area contributed by atoms with Gasteiger partial charge >= 0.3 is 11.9 Å². The molecule has 0 saturated heterocycles. The van der Waals surface area contributed by atoms with Crippen molar-refractivity contribution in [3.05, 3.63) is 56.2 Å². The van der Waals surface area contributed by atoms with Gasteiger partial charge in [0.2, 0.25) is 0 Å². The molecule has 25 heavy (non-hydrogen) atoms. The van der Waals surface area contributed by atoms with Crippen molar-refractivity contribution in [2.24, 2.45) is 14.1 Å². The van der Waals surface area contributed by atoms with Crippen LogP contribution in [0, 0.1) is 0 Å². The maximum absolute atomic E-state index is 12.7. The second-order valence-corrected chi connectivity index (χ2v) is 6.40. The summed E-state index contributed by atoms with van der Waals surface area (Å²) in [7, 11) is 2.85. The molecule has 2 heterocycles. The Balaban J connectivity index is 1.90. The van der Waals surface area contributed by atoms with Crippen LogP contribution in [0.4, 0.5) is 13.2 Å². The first kappa shape index (κ1) is 17.3. The van der Waals surface area contributed by atoms with Crippen molar-refractivity contribution in [1.29, 1.82) is 0 Å². The zero-order valence-corrected chi connectivity index (χ0v) is 14.0. The first-order valence-electron chi connectivity index (χ1n) is 7.13. The van der Waals surface area contributed by atoms with Gasteiger partial charge in [-0.3, -0.25) is 13.9 Å². The Morgan fingerprint density at radius 1 is 1.20 bits per heavy atom. The van der Waals surface area contributed by atoms with Gasteiger partial charge in [0.25, 0.3) is 5.56 Å². The van der Waals surface area contributed by atoms with Crippen LogP contribution in [0.5, 0.6) is 0 Å². The first-order chi connectivity index (χ1) is 11.7. The van der Waals surface area contributed by atoms with Gasteiger partial charge in [0, 0.05) is 19.8 Å². The minimum Gasteiger partial charge on any atom is -0.327 e. The number of alkyl halides is 3. The number of hydrogen-bond donors (Lipinski definition) is 1. The number of H-pyrrole nitrogens is 1. The van der Waals surface area contributed by atoms with E-state index in [1.165, 1.54) is 24.7 Å². The lowest BCUT2D eigenvalue weighted by molar-refractivity contribution is -0.137. The highest BCUT2D eigenvalue weighted by Crippen LogP contribution is 2.31. The van der Waals surface area contributed by atoms with Gasteiger partial charge in [-0.25, -0.2) is 9.78 Å². The van der Waals surface area contributed by atoms with Gasteiger partial charge in [-0.05, 0) is 11.6 Å². The molecular formula is C15H13F3N4O2S. The SMILES string of the molecule is Cn1c(=O)c2[nH]c(SCc3cccc(C(F)(F)F)c3)nc2n(C)c1=O. The van der Waals surface area contributed by atoms with E-state index in [0.717, 1.165) is 28.5 Å². The largest absolute Gasteiger partial charge is 0.416 e. The van der Waals surface area contributed by atoms with E-state index in [2.05, 4.69) is 9.97 Å². The Kier molecular flexibility index (Phi) is 4.23. The molecule has 0 unspecified atom stereocenters. The number of thioether (sulfide) groups is 1. The topological polar surface area (TPSA) is 72.7 Å². The van der Waals surface area contributed by atoms with Crippen molar-refractivity contribution < 1.29 is 13.2 Å². The normalized spacial score (nSPS) is 12.0. The molecule has 0 saturated carbocycles. The molecule has 1 aromatic carbocycles. The number of nitrogens with one attached hydrogen (secondary N) is 1. The number of hydrogen-bond acceptors (Lipinski definition) is 4. The molecule has 0 aliphatic rings. The number of nitrogens with zero attached hydrogens (tertiary/aromatic N) is 3. The smallest absolute Gasteiger partial charge is 0.327 e. The third-order valence-corrected chi connectivity index (χ3v) is 4.65. The lowest BCUT2D eigenvalue weighted by Crippen LogP contribution is -2.36. The van der Waals surface area contributed by atoms with Crippen LogP contribution in [0.25, 0.3) is 11.2 Å². The summed E-state index contributed by atoms with van der Waals surface area (Å²) in [5, 5.41) is 0.353. The van der Waals surface area contributed by atoms with Gasteiger partial charge in [0.05, 0.1) is 5.56 Å². The number of fused-ring (bicyclic) bond motifs is 1. The molecule has 6 nitrogen and oxygen atoms in total. The molecule has 0 spiro atoms. The van der Waals surface area contributed by atoms with Crippen molar-refractivity contribution in [1.82, 2.24) is 19.1 Å². The van der Waals surface area contributed by atoms with E-state index in [4.69, 9.17) is 0 Å². The Morgan fingerprint density at radius 2 is 1.92 bits per heavy atom. The average Bonchev–Trinajstić information content (AvgIpc) is 3.00. The molecule has 0 aliphatic carbocycles. The third kappa shape index (κ3) is 3.21. The Morgan fingerprint density at radius 3 is 2.60 bits per heavy atom. The van der Waals surface area contributed by atoms with Crippen LogP contribution < -0.4 is 11.2 Å². The molecule has 0 amide bonds. The van der Waals surface area contributed by atoms with Gasteiger partial charge in [-0.1, -0.05) is 30.0 Å². The lowest BCUT2D eigenvalue weighted by atomic mass is 10.1. The van der Waals surface area contributed by atoms with E-state index in [0.29, 0.717) is 10.7 Å². The zero-order valence-electron chi connectivity index (χ0n) is 13.2. The molecule has 0 bridgehead atoms. The number of aromatic amines is 1. The Bertz CT molecular complexity index is 1070. The minimum atomic E-state index is -4.40. The second kappa shape index (κ2) is 6.10. The summed E-state index contributed by atoms with van der Waals surface area (Å²) < 4.78 is 40.4. The van der Waals surface area contributed by atoms with E-state index in [1.54, 1.807) is 6.07 Å². The molecule has 3 aromatic rings. The fourth-order valence-electron chi connectivity index (χ4n) is 2.36. The number of aromatic nitrogens is 4. The average molecular weight is 370 g/mol. The molecule has 10 heteroatoms. The zero-order chi connectivity index (χ0) is 18.4. The number of halogens is 3. The fourth-order valence-corrected chi connectivity index (χ4v) is 3.17. The number of rotatable bonds is 3. The molecule has 1 N–H and O–H groups in total. The predicted octanol–water partition coefficient (Wildman–Crippen LogP) is 2.27. The highest BCUT2D eigenvalue weighted by Gasteiger charge is 2.30. The van der Waals surface area contributed by atoms with Crippen LogP contribution in [-0.2, 0) is 26.0 Å². The standard InChI is InChI=1S/C15H13F3N4O2S/c1-21-11-10(12(23)22(2)14(21)24)19-13(20-11)25-7-8-4-3-5-9(6-8)15(16,17)18/h3-6H,7H2,1-2H3,(H,19,20). The number of aryl methyl sites for hydroxylation is 1. The highest BCUT2D eigenvalue weighted by molar-refractivity contribution is 7.98. The molecule has 0 radical (unpaired) electrons. The molecule has 0 atom stereocenters. The van der Waals surface area contributed by atoms with Crippen LogP contribution in [-0.4, -0.2) is 19.1 Å². The maximum atomic E-state index is 12.7. The van der Waals surface area contributed by atoms with Crippen molar-refractivity contribution >= 4 is 22.9 Å². The maximum Gasteiger partial charge on any atom is 0.416 e. The highest BCUT2D eigenvalue weighted by atomic mass is 32.2. The molecule has 0 aliphatic heterocycles. The number of benzene rings is 1. The van der Waals surface area contributed by atoms with Crippen LogP contribution in [0.3, 0.4) is 0 Å². The van der Waals surface area contributed by atoms with Crippen LogP contribution in [0.15, 0.2) is 39.0 Å². The molecule has 0 fully saturated rings. The summed E-state index contributed by atoms with van der Waals surface area (Å²) in [6.45, 7) is 0. The van der Waals surface area contributed by atoms with Crippen LogP contribution in [0.2, 0.25) is 0 Å². The number of imidazole rings is 1. The van der Waals surface area contributed by atoms with Gasteiger partial charge in [-0.15, -0.1) is 0 Å². The summed E-state index contributed by atoms with van der Waals surface area (Å²) in [5.74, 6) is 0.234. The minimum absolute atomic E-state index is 0.177. The molecule has 2 aromatic heterocycles. The summed E-state index contributed by atoms with van der Waals surface area (Å²) >= 11 is 1.15. The van der Waals surface area contributed by atoms with Gasteiger partial charge in [0.15, 0.2) is 16.3 Å². The summed E-state index contributed by atoms with van der Waals surface area (Å²) in [5.41, 5.74) is -0.862. The van der Waals surface area contributed by atoms with Crippen LogP contribution >= 0.6 is 11.8 Å². The quantitative estimate of drug-likeness (QED) is 0.718. The molecule has 132 valence electrons. The van der Waals surface area contributed by atoms with Crippen molar-refractivity contribution in [2.75, 3.05) is 0 Å². The van der Waals surface area contributed by atoms with E-state index in [-0.39, 0.29) is 16.9 Å². The van der Waals surface area contributed by atoms with Crippen molar-refractivity contribution in [3.63, 3.8) is 0 Å². The van der Waals surface area contributed by atoms with E-state index in [1.807, 2.05) is 0 Å². The summed E-state index contributed by atoms with van der Waals surface area (Å²) in [4.78, 5) is 31.0. The van der Waals surface area contributed by atoms with Gasteiger partial charge < -0.3 is 4.98 Å². The molecular weight excluding hydrogens is 357 g/mol. The third-order valence-electron chi connectivity index (χ3n) is 3.70. The van der Waals surface area contributed by atoms with Crippen molar-refractivity contribution in [3.8, 4) is 0 Å². The first-order valence-corrected chi connectivity index (χ1v) is 8.11. The summed E-state index contributed by atoms with van der Waals surface area (Å²) in [6.07, 6.45) is -4.40. The monoisotopic (exact) mass is 370 g/mol. The van der Waals surface area contributed by atoms with Crippen LogP contribution in [0.1, 0.15) is 11.1 Å². The van der Waals surface area contributed by atoms with Gasteiger partial charge in [0.1, 0.15) is 0 Å². The lowest BCUT2D eigenvalue weighted by Gasteiger charge is -2.07. The predicted molar refractivity (Wildman–Crippen MR) is 87.6 cm³/mol. The van der Waals surface area contributed by atoms with E-state index in [9.17, 15) is 22.8 Å². The van der Waals surface area contributed by atoms with Crippen molar-refractivity contribution in [2.45, 2.75) is 17.1 Å². The van der Waals surface area contributed by atoms with E-state index < -0.39 is 23.0 Å². The Hall–Kier alpha value is -2.49. The van der Waals surface area contributed by atoms with E-state index >= 15 is 0 Å². The fraction of sp³-hybridized carbons (Fsp3) is 0.267. The van der Waals surface area contributed by atoms with Gasteiger partial charge in [-0.2, -0.15) is 13.2 Å². The second-order valence-electron chi connectivity index (χ2n) is 5.43. The molecule has 3 rings (SSSR count). The Labute approximate surface area is 143 Å².